The first-order valence-electron chi connectivity index (χ1n) is 16.0. The van der Waals surface area contributed by atoms with E-state index in [1.807, 2.05) is 0 Å². The summed E-state index contributed by atoms with van der Waals surface area (Å²) in [6, 6.07) is 26.6. The topological polar surface area (TPSA) is 8.17 Å². The Kier molecular flexibility index (Phi) is 4.12. The van der Waals surface area contributed by atoms with Crippen molar-refractivity contribution in [2.24, 2.45) is 11.8 Å². The van der Waals surface area contributed by atoms with Gasteiger partial charge in [-0.1, -0.05) is 73.7 Å². The Morgan fingerprint density at radius 3 is 2.49 bits per heavy atom. The molecule has 0 spiro atoms. The number of aryl methyl sites for hydroxylation is 2. The summed E-state index contributed by atoms with van der Waals surface area (Å²) in [4.78, 5) is 2.92. The number of hydrogen-bond donors (Lipinski definition) is 0. The Bertz CT molecular complexity index is 2000. The number of aromatic nitrogens is 1. The predicted octanol–water partition coefficient (Wildman–Crippen LogP) is 7.31. The van der Waals surface area contributed by atoms with Crippen molar-refractivity contribution in [3.63, 3.8) is 0 Å². The number of anilines is 2. The first-order chi connectivity index (χ1) is 19.9. The van der Waals surface area contributed by atoms with Crippen molar-refractivity contribution in [1.29, 1.82) is 0 Å². The smallest absolute Gasteiger partial charge is 0.252 e. The number of nitrogens with zero attached hydrogens (tertiary/aromatic N) is 2. The Morgan fingerprint density at radius 1 is 0.780 bits per heavy atom. The van der Waals surface area contributed by atoms with Gasteiger partial charge >= 0.3 is 0 Å². The molecule has 2 nitrogen and oxygen atoms in total. The SMILES string of the molecule is Cc1ccc2c(c1)c1cc(C)cc3c1n2-c1cccc2c1B3c1cccc3c1N2C1(C)C2CCCCC2CCC31C. The van der Waals surface area contributed by atoms with Crippen molar-refractivity contribution in [2.75, 3.05) is 4.90 Å². The molecular weight excluding hydrogens is 495 g/mol. The fourth-order valence-electron chi connectivity index (χ4n) is 11.0. The lowest BCUT2D eigenvalue weighted by molar-refractivity contribution is 0.0339. The predicted molar refractivity (Wildman–Crippen MR) is 174 cm³/mol. The number of hydrogen-bond acceptors (Lipinski definition) is 1. The van der Waals surface area contributed by atoms with Crippen LogP contribution in [0.2, 0.25) is 0 Å². The lowest BCUT2D eigenvalue weighted by Crippen LogP contribution is -2.67. The zero-order valence-corrected chi connectivity index (χ0v) is 24.7. The van der Waals surface area contributed by atoms with Crippen molar-refractivity contribution in [3.05, 3.63) is 83.4 Å². The van der Waals surface area contributed by atoms with Gasteiger partial charge in [0.1, 0.15) is 0 Å². The molecule has 3 aliphatic heterocycles. The third kappa shape index (κ3) is 2.45. The zero-order chi connectivity index (χ0) is 27.4. The molecule has 3 heteroatoms. The van der Waals surface area contributed by atoms with Gasteiger partial charge in [-0.05, 0) is 104 Å². The Balaban J connectivity index is 1.36. The van der Waals surface area contributed by atoms with E-state index in [1.165, 1.54) is 99.2 Å². The van der Waals surface area contributed by atoms with E-state index in [2.05, 4.69) is 104 Å². The first-order valence-corrected chi connectivity index (χ1v) is 16.0. The third-order valence-corrected chi connectivity index (χ3v) is 12.8. The molecule has 5 aliphatic rings. The molecule has 2 aliphatic carbocycles. The Hall–Kier alpha value is -3.46. The molecule has 0 bridgehead atoms. The van der Waals surface area contributed by atoms with Crippen LogP contribution in [0.4, 0.5) is 11.4 Å². The van der Waals surface area contributed by atoms with Crippen molar-refractivity contribution in [2.45, 2.75) is 77.2 Å². The molecule has 0 saturated heterocycles. The molecule has 0 N–H and O–H groups in total. The van der Waals surface area contributed by atoms with Crippen LogP contribution < -0.4 is 21.3 Å². The molecule has 1 aromatic heterocycles. The second-order valence-electron chi connectivity index (χ2n) is 14.5. The molecule has 4 unspecified atom stereocenters. The molecule has 41 heavy (non-hydrogen) atoms. The third-order valence-electron chi connectivity index (χ3n) is 12.8. The van der Waals surface area contributed by atoms with Gasteiger partial charge in [0, 0.05) is 38.8 Å². The maximum Gasteiger partial charge on any atom is 0.252 e. The maximum absolute atomic E-state index is 2.92. The van der Waals surface area contributed by atoms with Gasteiger partial charge in [-0.2, -0.15) is 0 Å². The fourth-order valence-corrected chi connectivity index (χ4v) is 11.0. The highest BCUT2D eigenvalue weighted by molar-refractivity contribution is 7.00. The second kappa shape index (κ2) is 7.30. The van der Waals surface area contributed by atoms with Crippen LogP contribution in [0, 0.1) is 25.7 Å². The minimum absolute atomic E-state index is 0.0902. The summed E-state index contributed by atoms with van der Waals surface area (Å²) in [5, 5.41) is 2.79. The minimum atomic E-state index is 0.0902. The van der Waals surface area contributed by atoms with E-state index in [1.54, 1.807) is 11.3 Å². The molecule has 4 heterocycles. The summed E-state index contributed by atoms with van der Waals surface area (Å²) in [6.07, 6.45) is 8.29. The van der Waals surface area contributed by atoms with E-state index in [4.69, 9.17) is 0 Å². The highest BCUT2D eigenvalue weighted by Crippen LogP contribution is 2.65. The summed E-state index contributed by atoms with van der Waals surface area (Å²) in [7, 11) is 0. The van der Waals surface area contributed by atoms with Crippen LogP contribution in [-0.2, 0) is 5.41 Å². The maximum atomic E-state index is 2.92. The number of rotatable bonds is 0. The molecule has 5 aromatic rings. The van der Waals surface area contributed by atoms with Gasteiger partial charge in [-0.25, -0.2) is 0 Å². The summed E-state index contributed by atoms with van der Waals surface area (Å²) < 4.78 is 2.62. The van der Waals surface area contributed by atoms with Crippen LogP contribution in [0.3, 0.4) is 0 Å². The molecule has 4 atom stereocenters. The summed E-state index contributed by atoms with van der Waals surface area (Å²) >= 11 is 0. The number of benzene rings is 4. The van der Waals surface area contributed by atoms with E-state index in [0.717, 1.165) is 11.8 Å². The first kappa shape index (κ1) is 23.1. The van der Waals surface area contributed by atoms with Gasteiger partial charge in [0.05, 0.1) is 11.1 Å². The monoisotopic (exact) mass is 532 g/mol. The van der Waals surface area contributed by atoms with Gasteiger partial charge in [0.15, 0.2) is 0 Å². The van der Waals surface area contributed by atoms with Gasteiger partial charge < -0.3 is 9.47 Å². The van der Waals surface area contributed by atoms with Gasteiger partial charge in [0.25, 0.3) is 6.71 Å². The molecule has 2 saturated carbocycles. The average molecular weight is 533 g/mol. The van der Waals surface area contributed by atoms with Crippen molar-refractivity contribution in [3.8, 4) is 5.69 Å². The van der Waals surface area contributed by atoms with Crippen LogP contribution in [-0.4, -0.2) is 16.8 Å². The van der Waals surface area contributed by atoms with Crippen LogP contribution in [0.5, 0.6) is 0 Å². The second-order valence-corrected chi connectivity index (χ2v) is 14.5. The van der Waals surface area contributed by atoms with Crippen LogP contribution >= 0.6 is 0 Å². The van der Waals surface area contributed by atoms with Gasteiger partial charge in [0.2, 0.25) is 0 Å². The summed E-state index contributed by atoms with van der Waals surface area (Å²) in [6.45, 7) is 10.1. The lowest BCUT2D eigenvalue weighted by Gasteiger charge is -2.59. The molecule has 10 rings (SSSR count). The van der Waals surface area contributed by atoms with Crippen molar-refractivity contribution >= 4 is 56.3 Å². The van der Waals surface area contributed by atoms with E-state index < -0.39 is 0 Å². The molecular formula is C38H37BN2. The van der Waals surface area contributed by atoms with Crippen molar-refractivity contribution in [1.82, 2.24) is 4.57 Å². The minimum Gasteiger partial charge on any atom is -0.335 e. The summed E-state index contributed by atoms with van der Waals surface area (Å²) in [5.74, 6) is 1.60. The normalized spacial score (nSPS) is 28.5. The zero-order valence-electron chi connectivity index (χ0n) is 24.7. The highest BCUT2D eigenvalue weighted by Gasteiger charge is 2.65. The molecule has 0 amide bonds. The van der Waals surface area contributed by atoms with E-state index in [-0.39, 0.29) is 17.7 Å². The van der Waals surface area contributed by atoms with Gasteiger partial charge in [-0.3, -0.25) is 0 Å². The standard InChI is InChI=1S/C38H37BN2/c1-22-15-16-31-25(19-22)26-20-23(2)21-30-35(26)40(31)32-13-8-14-33-34(32)39(30)29-12-7-11-28-36(29)41(33)38(4)27-10-6-5-9-24(27)17-18-37(28,38)3/h7-8,11-16,19-21,24,27H,5-6,9-10,17-18H2,1-4H3. The van der Waals surface area contributed by atoms with Crippen molar-refractivity contribution < 1.29 is 0 Å². The van der Waals surface area contributed by atoms with Crippen LogP contribution in [0.1, 0.15) is 69.1 Å². The lowest BCUT2D eigenvalue weighted by atomic mass is 9.33. The number of fused-ring (bicyclic) bond motifs is 12. The van der Waals surface area contributed by atoms with Crippen LogP contribution in [0.25, 0.3) is 27.5 Å². The molecule has 202 valence electrons. The molecule has 2 fully saturated rings. The average Bonchev–Trinajstić information content (AvgIpc) is 3.41. The quantitative estimate of drug-likeness (QED) is 0.186. The Labute approximate surface area is 243 Å². The van der Waals surface area contributed by atoms with E-state index in [0.29, 0.717) is 0 Å². The van der Waals surface area contributed by atoms with Crippen LogP contribution in [0.15, 0.2) is 66.7 Å². The summed E-state index contributed by atoms with van der Waals surface area (Å²) in [5.41, 5.74) is 16.3. The largest absolute Gasteiger partial charge is 0.335 e. The van der Waals surface area contributed by atoms with E-state index in [9.17, 15) is 0 Å². The fraction of sp³-hybridized carbons (Fsp3) is 0.368. The highest BCUT2D eigenvalue weighted by atomic mass is 15.3. The van der Waals surface area contributed by atoms with E-state index >= 15 is 0 Å². The van der Waals surface area contributed by atoms with Gasteiger partial charge in [-0.15, -0.1) is 0 Å². The molecule has 0 radical (unpaired) electrons. The Morgan fingerprint density at radius 2 is 1.59 bits per heavy atom. The number of para-hydroxylation sites is 1. The molecule has 4 aromatic carbocycles.